The van der Waals surface area contributed by atoms with E-state index in [1.165, 1.54) is 37.2 Å². The highest BCUT2D eigenvalue weighted by Gasteiger charge is 2.38. The van der Waals surface area contributed by atoms with Crippen molar-refractivity contribution in [2.24, 2.45) is 11.8 Å². The molecule has 0 spiro atoms. The number of piperidine rings is 1. The number of amides is 1. The van der Waals surface area contributed by atoms with Crippen LogP contribution in [0.3, 0.4) is 0 Å². The highest BCUT2D eigenvalue weighted by molar-refractivity contribution is 6.34. The molecule has 0 saturated carbocycles. The number of benzene rings is 1. The monoisotopic (exact) mass is 619 g/mol. The molecule has 1 aromatic carbocycles. The summed E-state index contributed by atoms with van der Waals surface area (Å²) in [7, 11) is 1.78. The average molecular weight is 621 g/mol. The minimum atomic E-state index is -4.82. The molecule has 4 rings (SSSR count). The molecular weight excluding hydrogens is 582 g/mol. The first kappa shape index (κ1) is 33.4. The van der Waals surface area contributed by atoms with Gasteiger partial charge in [-0.15, -0.1) is 0 Å². The lowest BCUT2D eigenvalue weighted by Gasteiger charge is -2.30. The standard InChI is InChI=1S/C20H20Cl2F3N3O2.C9H18O2/c1-11-3-5-28(6-4-11)18(29)16-12(2)17(27-19(26-16)20(23,24)25)30-10-13-7-14(21)9-15(22)8-13;1-3-4-8-5-6-11-7-9(8)10-2/h7-9,11H,3-6,10H2,1-2H3;8-9H,3-7H2,1-2H3/t;8-,9?/m.0/s1. The number of alkyl halides is 3. The number of carbonyl (C=O) groups excluding carboxylic acids is 1. The molecule has 0 bridgehead atoms. The van der Waals surface area contributed by atoms with Crippen LogP contribution in [0.1, 0.15) is 73.4 Å². The van der Waals surface area contributed by atoms with E-state index in [9.17, 15) is 18.0 Å². The van der Waals surface area contributed by atoms with Crippen LogP contribution in [0.25, 0.3) is 0 Å². The summed E-state index contributed by atoms with van der Waals surface area (Å²) in [6.07, 6.45) is 0.820. The highest BCUT2D eigenvalue weighted by Crippen LogP contribution is 2.31. The van der Waals surface area contributed by atoms with Crippen LogP contribution in [0.2, 0.25) is 10.0 Å². The van der Waals surface area contributed by atoms with E-state index < -0.39 is 17.9 Å². The Hall–Kier alpha value is -2.14. The zero-order valence-corrected chi connectivity index (χ0v) is 25.4. The topological polar surface area (TPSA) is 73.8 Å². The fraction of sp³-hybridized carbons (Fsp3) is 0.621. The Balaban J connectivity index is 0.000000352. The van der Waals surface area contributed by atoms with Gasteiger partial charge in [-0.25, -0.2) is 4.98 Å². The molecule has 0 N–H and O–H groups in total. The molecule has 2 aliphatic heterocycles. The Morgan fingerprint density at radius 2 is 1.78 bits per heavy atom. The molecule has 228 valence electrons. The fourth-order valence-electron chi connectivity index (χ4n) is 4.90. The maximum atomic E-state index is 13.4. The quantitative estimate of drug-likeness (QED) is 0.321. The average Bonchev–Trinajstić information content (AvgIpc) is 2.92. The van der Waals surface area contributed by atoms with Crippen LogP contribution >= 0.6 is 23.2 Å². The van der Waals surface area contributed by atoms with Crippen molar-refractivity contribution in [1.29, 1.82) is 0 Å². The van der Waals surface area contributed by atoms with Gasteiger partial charge >= 0.3 is 6.18 Å². The van der Waals surface area contributed by atoms with E-state index in [1.54, 1.807) is 19.2 Å². The molecule has 2 aliphatic rings. The van der Waals surface area contributed by atoms with Gasteiger partial charge in [0.05, 0.1) is 12.7 Å². The van der Waals surface area contributed by atoms with Gasteiger partial charge in [-0.05, 0) is 68.2 Å². The van der Waals surface area contributed by atoms with Gasteiger partial charge in [0.15, 0.2) is 0 Å². The van der Waals surface area contributed by atoms with Crippen molar-refractivity contribution < 1.29 is 32.2 Å². The third-order valence-corrected chi connectivity index (χ3v) is 7.77. The molecule has 1 unspecified atom stereocenters. The summed E-state index contributed by atoms with van der Waals surface area (Å²) in [5.41, 5.74) is 0.405. The summed E-state index contributed by atoms with van der Waals surface area (Å²) in [6.45, 7) is 8.32. The number of ether oxygens (including phenoxy) is 3. The lowest BCUT2D eigenvalue weighted by molar-refractivity contribution is -0.145. The Kier molecular flexibility index (Phi) is 12.5. The maximum Gasteiger partial charge on any atom is 0.451 e. The van der Waals surface area contributed by atoms with Gasteiger partial charge in [0.1, 0.15) is 12.3 Å². The van der Waals surface area contributed by atoms with E-state index in [1.807, 2.05) is 0 Å². The Labute approximate surface area is 249 Å². The van der Waals surface area contributed by atoms with Gasteiger partial charge in [0, 0.05) is 42.4 Å². The summed E-state index contributed by atoms with van der Waals surface area (Å²) < 4.78 is 56.3. The van der Waals surface area contributed by atoms with Crippen molar-refractivity contribution in [3.63, 3.8) is 0 Å². The number of rotatable bonds is 7. The molecule has 12 heteroatoms. The molecular formula is C29H38Cl2F3N3O4. The number of aromatic nitrogens is 2. The third-order valence-electron chi connectivity index (χ3n) is 7.33. The van der Waals surface area contributed by atoms with E-state index in [2.05, 4.69) is 23.8 Å². The molecule has 3 heterocycles. The lowest BCUT2D eigenvalue weighted by Crippen LogP contribution is -2.39. The lowest BCUT2D eigenvalue weighted by atomic mass is 9.92. The van der Waals surface area contributed by atoms with Crippen LogP contribution < -0.4 is 4.74 Å². The Morgan fingerprint density at radius 1 is 1.12 bits per heavy atom. The summed E-state index contributed by atoms with van der Waals surface area (Å²) in [4.78, 5) is 21.5. The zero-order valence-electron chi connectivity index (χ0n) is 23.9. The first-order valence-corrected chi connectivity index (χ1v) is 14.6. The first-order valence-electron chi connectivity index (χ1n) is 13.9. The highest BCUT2D eigenvalue weighted by atomic mass is 35.5. The van der Waals surface area contributed by atoms with Crippen LogP contribution in [-0.4, -0.2) is 60.3 Å². The van der Waals surface area contributed by atoms with Gasteiger partial charge < -0.3 is 19.1 Å². The number of likely N-dealkylation sites (tertiary alicyclic amines) is 1. The first-order chi connectivity index (χ1) is 19.4. The van der Waals surface area contributed by atoms with Crippen LogP contribution in [0.4, 0.5) is 13.2 Å². The molecule has 2 atom stereocenters. The number of halogens is 5. The number of carbonyl (C=O) groups is 1. The van der Waals surface area contributed by atoms with Crippen molar-refractivity contribution in [2.45, 2.75) is 71.8 Å². The zero-order chi connectivity index (χ0) is 30.2. The Bertz CT molecular complexity index is 1140. The predicted octanol–water partition coefficient (Wildman–Crippen LogP) is 7.40. The van der Waals surface area contributed by atoms with E-state index in [-0.39, 0.29) is 23.7 Å². The normalized spacial score (nSPS) is 19.9. The number of methoxy groups -OCH3 is 1. The van der Waals surface area contributed by atoms with Crippen LogP contribution in [0, 0.1) is 18.8 Å². The molecule has 7 nitrogen and oxygen atoms in total. The van der Waals surface area contributed by atoms with Crippen molar-refractivity contribution in [3.05, 3.63) is 50.9 Å². The molecule has 2 fully saturated rings. The molecule has 2 aromatic rings. The van der Waals surface area contributed by atoms with Crippen LogP contribution in [-0.2, 0) is 22.3 Å². The van der Waals surface area contributed by atoms with Crippen LogP contribution in [0.5, 0.6) is 5.88 Å². The third kappa shape index (κ3) is 9.70. The smallest absolute Gasteiger partial charge is 0.451 e. The number of nitrogens with zero attached hydrogens (tertiary/aromatic N) is 3. The molecule has 41 heavy (non-hydrogen) atoms. The van der Waals surface area contributed by atoms with Gasteiger partial charge in [-0.3, -0.25) is 4.79 Å². The molecule has 1 amide bonds. The minimum absolute atomic E-state index is 0.121. The fourth-order valence-corrected chi connectivity index (χ4v) is 5.47. The van der Waals surface area contributed by atoms with E-state index in [0.717, 1.165) is 32.0 Å². The van der Waals surface area contributed by atoms with Crippen LogP contribution in [0.15, 0.2) is 18.2 Å². The second-order valence-corrected chi connectivity index (χ2v) is 11.4. The maximum absolute atomic E-state index is 13.4. The molecule has 2 saturated heterocycles. The van der Waals surface area contributed by atoms with Crippen molar-refractivity contribution in [3.8, 4) is 5.88 Å². The second-order valence-electron chi connectivity index (χ2n) is 10.6. The summed E-state index contributed by atoms with van der Waals surface area (Å²) in [6, 6.07) is 4.69. The van der Waals surface area contributed by atoms with Gasteiger partial charge in [0.25, 0.3) is 5.91 Å². The SMILES string of the molecule is CCC[C@H]1CCOCC1OC.Cc1c(OCc2cc(Cl)cc(Cl)c2)nc(C(F)(F)F)nc1C(=O)N1CCC(C)CC1. The Morgan fingerprint density at radius 3 is 2.37 bits per heavy atom. The van der Waals surface area contributed by atoms with Crippen molar-refractivity contribution in [2.75, 3.05) is 33.4 Å². The van der Waals surface area contributed by atoms with E-state index in [0.29, 0.717) is 40.7 Å². The van der Waals surface area contributed by atoms with E-state index in [4.69, 9.17) is 37.4 Å². The largest absolute Gasteiger partial charge is 0.472 e. The van der Waals surface area contributed by atoms with Gasteiger partial charge in [-0.1, -0.05) is 43.5 Å². The molecule has 0 radical (unpaired) electrons. The number of hydrogen-bond donors (Lipinski definition) is 0. The predicted molar refractivity (Wildman–Crippen MR) is 151 cm³/mol. The van der Waals surface area contributed by atoms with Gasteiger partial charge in [-0.2, -0.15) is 18.2 Å². The van der Waals surface area contributed by atoms with Crippen molar-refractivity contribution >= 4 is 29.1 Å². The minimum Gasteiger partial charge on any atom is -0.472 e. The summed E-state index contributed by atoms with van der Waals surface area (Å²) >= 11 is 11.9. The van der Waals surface area contributed by atoms with E-state index >= 15 is 0 Å². The molecule has 0 aliphatic carbocycles. The summed E-state index contributed by atoms with van der Waals surface area (Å²) in [5.74, 6) is -1.07. The van der Waals surface area contributed by atoms with Gasteiger partial charge in [0.2, 0.25) is 11.7 Å². The second kappa shape index (κ2) is 15.4. The van der Waals surface area contributed by atoms with Crippen molar-refractivity contribution in [1.82, 2.24) is 14.9 Å². The molecule has 1 aromatic heterocycles. The number of hydrogen-bond acceptors (Lipinski definition) is 6. The summed E-state index contributed by atoms with van der Waals surface area (Å²) in [5, 5.41) is 0.735.